The number of benzene rings is 2. The number of rotatable bonds is 6. The molecule has 32 heavy (non-hydrogen) atoms. The van der Waals surface area contributed by atoms with E-state index in [1.54, 1.807) is 18.2 Å². The Hall–Kier alpha value is -3.68. The second-order valence-electron chi connectivity index (χ2n) is 7.25. The van der Waals surface area contributed by atoms with Crippen LogP contribution in [0.1, 0.15) is 29.0 Å². The lowest BCUT2D eigenvalue weighted by molar-refractivity contribution is 0.0502. The van der Waals surface area contributed by atoms with Crippen LogP contribution in [0.5, 0.6) is 0 Å². The van der Waals surface area contributed by atoms with E-state index in [9.17, 15) is 23.6 Å². The fourth-order valence-corrected chi connectivity index (χ4v) is 4.97. The third-order valence-corrected chi connectivity index (χ3v) is 7.07. The number of aromatic nitrogens is 2. The molecular formula is C22H20N4O5S. The van der Waals surface area contributed by atoms with Crippen LogP contribution in [-0.2, 0) is 14.8 Å². The number of nitrogens with zero attached hydrogens (tertiary/aromatic N) is 3. The molecule has 0 spiro atoms. The monoisotopic (exact) mass is 452 g/mol. The van der Waals surface area contributed by atoms with E-state index in [0.717, 1.165) is 12.8 Å². The number of aliphatic hydroxyl groups is 1. The molecule has 2 N–H and O–H groups in total. The first-order chi connectivity index (χ1) is 15.4. The molecule has 164 valence electrons. The van der Waals surface area contributed by atoms with Crippen molar-refractivity contribution in [3.8, 4) is 6.07 Å². The SMILES string of the molecule is N#C/C(=C(/O)COC(=O)c1ccc(S(=O)(=O)N2CCCC2)cc1)c1nc2ccccc2[nH]1. The number of esters is 1. The van der Waals surface area contributed by atoms with Crippen LogP contribution in [0.3, 0.4) is 0 Å². The molecule has 0 atom stereocenters. The molecule has 0 unspecified atom stereocenters. The van der Waals surface area contributed by atoms with Gasteiger partial charge in [0.1, 0.15) is 18.2 Å². The van der Waals surface area contributed by atoms with Gasteiger partial charge in [-0.15, -0.1) is 0 Å². The molecule has 1 fully saturated rings. The largest absolute Gasteiger partial charge is 0.507 e. The van der Waals surface area contributed by atoms with E-state index in [1.807, 2.05) is 12.1 Å². The van der Waals surface area contributed by atoms with Crippen LogP contribution in [0.15, 0.2) is 59.2 Å². The van der Waals surface area contributed by atoms with Crippen LogP contribution in [0.4, 0.5) is 0 Å². The van der Waals surface area contributed by atoms with Gasteiger partial charge >= 0.3 is 5.97 Å². The molecule has 4 rings (SSSR count). The second kappa shape index (κ2) is 8.82. The maximum Gasteiger partial charge on any atom is 0.338 e. The smallest absolute Gasteiger partial charge is 0.338 e. The average Bonchev–Trinajstić information content (AvgIpc) is 3.48. The number of fused-ring (bicyclic) bond motifs is 1. The summed E-state index contributed by atoms with van der Waals surface area (Å²) in [6.45, 7) is 0.445. The molecule has 1 aliphatic heterocycles. The zero-order valence-corrected chi connectivity index (χ0v) is 17.8. The van der Waals surface area contributed by atoms with Crippen molar-refractivity contribution in [1.82, 2.24) is 14.3 Å². The van der Waals surface area contributed by atoms with E-state index in [0.29, 0.717) is 24.1 Å². The summed E-state index contributed by atoms with van der Waals surface area (Å²) in [5.41, 5.74) is 1.31. The molecule has 0 bridgehead atoms. The number of carbonyl (C=O) groups is 1. The zero-order valence-electron chi connectivity index (χ0n) is 17.0. The van der Waals surface area contributed by atoms with Gasteiger partial charge in [0, 0.05) is 13.1 Å². The van der Waals surface area contributed by atoms with Gasteiger partial charge in [0.2, 0.25) is 10.0 Å². The molecule has 0 aliphatic carbocycles. The molecule has 0 amide bonds. The van der Waals surface area contributed by atoms with Crippen LogP contribution >= 0.6 is 0 Å². The highest BCUT2D eigenvalue weighted by atomic mass is 32.2. The summed E-state index contributed by atoms with van der Waals surface area (Å²) in [6.07, 6.45) is 1.67. The number of hydrogen-bond acceptors (Lipinski definition) is 7. The van der Waals surface area contributed by atoms with Crippen molar-refractivity contribution in [3.05, 3.63) is 65.7 Å². The van der Waals surface area contributed by atoms with Crippen LogP contribution in [0, 0.1) is 11.3 Å². The number of nitrogens with one attached hydrogen (secondary N) is 1. The van der Waals surface area contributed by atoms with Crippen molar-refractivity contribution in [3.63, 3.8) is 0 Å². The number of hydrogen-bond donors (Lipinski definition) is 2. The molecule has 0 radical (unpaired) electrons. The number of sulfonamides is 1. The predicted molar refractivity (Wildman–Crippen MR) is 116 cm³/mol. The standard InChI is InChI=1S/C22H20N4O5S/c23-13-17(21-24-18-5-1-2-6-19(18)25-21)20(27)14-31-22(28)15-7-9-16(10-8-15)32(29,30)26-11-3-4-12-26/h1-2,5-10,27H,3-4,11-12,14H2,(H,24,25)/b20-17-. The van der Waals surface area contributed by atoms with Gasteiger partial charge in [-0.3, -0.25) is 0 Å². The first kappa shape index (κ1) is 21.5. The normalized spacial score (nSPS) is 15.3. The highest BCUT2D eigenvalue weighted by Crippen LogP contribution is 2.22. The maximum atomic E-state index is 12.6. The molecule has 2 heterocycles. The third-order valence-electron chi connectivity index (χ3n) is 5.16. The summed E-state index contributed by atoms with van der Waals surface area (Å²) in [6, 6.07) is 14.4. The number of allylic oxidation sites excluding steroid dienone is 1. The number of carbonyl (C=O) groups excluding carboxylic acids is 1. The fourth-order valence-electron chi connectivity index (χ4n) is 3.46. The van der Waals surface area contributed by atoms with Gasteiger partial charge in [0.05, 0.1) is 21.5 Å². The lowest BCUT2D eigenvalue weighted by atomic mass is 10.2. The first-order valence-corrected chi connectivity index (χ1v) is 11.4. The number of nitriles is 1. The minimum atomic E-state index is -3.58. The Labute approximate surface area is 184 Å². The molecule has 9 nitrogen and oxygen atoms in total. The lowest BCUT2D eigenvalue weighted by Gasteiger charge is -2.15. The van der Waals surface area contributed by atoms with Crippen molar-refractivity contribution < 1.29 is 23.1 Å². The summed E-state index contributed by atoms with van der Waals surface area (Å²) in [5, 5.41) is 19.7. The predicted octanol–water partition coefficient (Wildman–Crippen LogP) is 3.00. The van der Waals surface area contributed by atoms with E-state index >= 15 is 0 Å². The Balaban J connectivity index is 1.46. The molecule has 10 heteroatoms. The Morgan fingerprint density at radius 3 is 2.50 bits per heavy atom. The third kappa shape index (κ3) is 4.21. The van der Waals surface area contributed by atoms with E-state index in [-0.39, 0.29) is 21.9 Å². The van der Waals surface area contributed by atoms with Crippen molar-refractivity contribution in [2.45, 2.75) is 17.7 Å². The second-order valence-corrected chi connectivity index (χ2v) is 9.19. The quantitative estimate of drug-likeness (QED) is 0.333. The van der Waals surface area contributed by atoms with E-state index < -0.39 is 28.4 Å². The van der Waals surface area contributed by atoms with Crippen molar-refractivity contribution in [2.75, 3.05) is 19.7 Å². The number of aromatic amines is 1. The first-order valence-electron chi connectivity index (χ1n) is 9.95. The van der Waals surface area contributed by atoms with Crippen LogP contribution < -0.4 is 0 Å². The van der Waals surface area contributed by atoms with Crippen molar-refractivity contribution in [2.24, 2.45) is 0 Å². The van der Waals surface area contributed by atoms with E-state index in [1.165, 1.54) is 28.6 Å². The zero-order chi connectivity index (χ0) is 22.7. The average molecular weight is 452 g/mol. The number of aliphatic hydroxyl groups excluding tert-OH is 1. The molecule has 1 saturated heterocycles. The van der Waals surface area contributed by atoms with E-state index in [4.69, 9.17) is 4.74 Å². The van der Waals surface area contributed by atoms with Gasteiger partial charge in [-0.2, -0.15) is 9.57 Å². The van der Waals surface area contributed by atoms with E-state index in [2.05, 4.69) is 9.97 Å². The summed E-state index contributed by atoms with van der Waals surface area (Å²) >= 11 is 0. The molecule has 1 aliphatic rings. The number of H-pyrrole nitrogens is 1. The number of para-hydroxylation sites is 2. The van der Waals surface area contributed by atoms with Crippen LogP contribution in [0.25, 0.3) is 16.6 Å². The summed E-state index contributed by atoms with van der Waals surface area (Å²) in [5.74, 6) is -1.05. The topological polar surface area (TPSA) is 136 Å². The highest BCUT2D eigenvalue weighted by molar-refractivity contribution is 7.89. The molecule has 3 aromatic rings. The van der Waals surface area contributed by atoms with Gasteiger partial charge < -0.3 is 14.8 Å². The van der Waals surface area contributed by atoms with Gasteiger partial charge in [0.15, 0.2) is 11.6 Å². The lowest BCUT2D eigenvalue weighted by Crippen LogP contribution is -2.27. The molecule has 0 saturated carbocycles. The van der Waals surface area contributed by atoms with Crippen LogP contribution in [0.2, 0.25) is 0 Å². The van der Waals surface area contributed by atoms with Crippen LogP contribution in [-0.4, -0.2) is 53.5 Å². The van der Waals surface area contributed by atoms with Gasteiger partial charge in [-0.1, -0.05) is 12.1 Å². The van der Waals surface area contributed by atoms with Gasteiger partial charge in [-0.25, -0.2) is 18.2 Å². The Kier molecular flexibility index (Phi) is 5.94. The Morgan fingerprint density at radius 1 is 1.16 bits per heavy atom. The minimum absolute atomic E-state index is 0.107. The molecule has 1 aromatic heterocycles. The fraction of sp³-hybridized carbons (Fsp3) is 0.227. The van der Waals surface area contributed by atoms with Crippen molar-refractivity contribution in [1.29, 1.82) is 5.26 Å². The van der Waals surface area contributed by atoms with Gasteiger partial charge in [-0.05, 0) is 49.2 Å². The molecular weight excluding hydrogens is 432 g/mol. The minimum Gasteiger partial charge on any atom is -0.507 e. The van der Waals surface area contributed by atoms with Crippen molar-refractivity contribution >= 4 is 32.6 Å². The maximum absolute atomic E-state index is 12.6. The molecule has 2 aromatic carbocycles. The summed E-state index contributed by atoms with van der Waals surface area (Å²) in [7, 11) is -3.58. The summed E-state index contributed by atoms with van der Waals surface area (Å²) in [4.78, 5) is 19.6. The number of ether oxygens (including phenoxy) is 1. The Morgan fingerprint density at radius 2 is 1.84 bits per heavy atom. The number of imidazole rings is 1. The summed E-state index contributed by atoms with van der Waals surface area (Å²) < 4.78 is 31.7. The Bertz CT molecular complexity index is 1300. The van der Waals surface area contributed by atoms with Gasteiger partial charge in [0.25, 0.3) is 0 Å². The highest BCUT2D eigenvalue weighted by Gasteiger charge is 2.27.